The lowest BCUT2D eigenvalue weighted by atomic mass is 10.1. The Morgan fingerprint density at radius 1 is 1.16 bits per heavy atom. The molecule has 5 heteroatoms. The molecule has 25 heavy (non-hydrogen) atoms. The van der Waals surface area contributed by atoms with Gasteiger partial charge < -0.3 is 14.5 Å². The topological polar surface area (TPSA) is 45.7 Å². The van der Waals surface area contributed by atoms with Gasteiger partial charge in [-0.2, -0.15) is 0 Å². The first-order valence-electron chi connectivity index (χ1n) is 8.52. The number of anilines is 1. The van der Waals surface area contributed by atoms with Crippen molar-refractivity contribution >= 4 is 11.7 Å². The van der Waals surface area contributed by atoms with Crippen molar-refractivity contribution in [2.24, 2.45) is 0 Å². The molecule has 0 spiro atoms. The average molecular weight is 338 g/mol. The number of piperazine rings is 1. The van der Waals surface area contributed by atoms with Crippen molar-refractivity contribution in [3.05, 3.63) is 65.4 Å². The largest absolute Gasteiger partial charge is 0.374 e. The minimum atomic E-state index is 0.0529. The van der Waals surface area contributed by atoms with E-state index in [1.54, 1.807) is 13.7 Å². The highest BCUT2D eigenvalue weighted by Crippen LogP contribution is 2.21. The van der Waals surface area contributed by atoms with Gasteiger partial charge in [0.05, 0.1) is 0 Å². The molecule has 5 nitrogen and oxygen atoms in total. The van der Waals surface area contributed by atoms with E-state index in [9.17, 15) is 4.79 Å². The summed E-state index contributed by atoms with van der Waals surface area (Å²) in [6.07, 6.45) is 1.90. The van der Waals surface area contributed by atoms with Gasteiger partial charge in [-0.25, -0.2) is 4.98 Å². The normalized spacial score (nSPS) is 14.7. The predicted octanol–water partition coefficient (Wildman–Crippen LogP) is 2.82. The van der Waals surface area contributed by atoms with E-state index in [4.69, 9.17) is 4.74 Å². The maximum Gasteiger partial charge on any atom is 0.254 e. The van der Waals surface area contributed by atoms with Gasteiger partial charge in [-0.05, 0) is 36.6 Å². The summed E-state index contributed by atoms with van der Waals surface area (Å²) in [6, 6.07) is 9.69. The minimum Gasteiger partial charge on any atom is -0.374 e. The number of carbonyl (C=O) groups is 1. The van der Waals surface area contributed by atoms with E-state index in [1.165, 1.54) is 11.1 Å². The lowest BCUT2D eigenvalue weighted by Crippen LogP contribution is -2.49. The summed E-state index contributed by atoms with van der Waals surface area (Å²) in [7, 11) is 1.59. The van der Waals surface area contributed by atoms with E-state index in [2.05, 4.69) is 29.8 Å². The molecule has 1 aliphatic rings. The first-order chi connectivity index (χ1) is 12.1. The minimum absolute atomic E-state index is 0.0529. The molecular weight excluding hydrogens is 314 g/mol. The van der Waals surface area contributed by atoms with Gasteiger partial charge in [0.15, 0.2) is 0 Å². The second kappa shape index (κ2) is 7.66. The van der Waals surface area contributed by atoms with Crippen LogP contribution < -0.4 is 4.90 Å². The second-order valence-corrected chi connectivity index (χ2v) is 6.37. The van der Waals surface area contributed by atoms with E-state index in [0.717, 1.165) is 24.5 Å². The Hall–Kier alpha value is -2.40. The molecule has 0 bridgehead atoms. The molecule has 1 fully saturated rings. The van der Waals surface area contributed by atoms with Gasteiger partial charge in [0.25, 0.3) is 5.91 Å². The van der Waals surface area contributed by atoms with Crippen LogP contribution in [0.4, 0.5) is 5.82 Å². The standard InChI is InChI=1S/C20H24N3O2/c1-15-12-16(2)19(21-13-15)22-8-10-23(11-9-22)20(24)18-7-5-4-6-17(18)14-25-3/h4-7,12-14H,8-11H2,1-3H3. The molecule has 1 saturated heterocycles. The number of rotatable bonds is 4. The molecule has 1 aliphatic heterocycles. The molecular formula is C20H24N3O2. The zero-order valence-electron chi connectivity index (χ0n) is 15.0. The molecule has 0 atom stereocenters. The zero-order valence-corrected chi connectivity index (χ0v) is 15.0. The van der Waals surface area contributed by atoms with Crippen LogP contribution in [0.2, 0.25) is 0 Å². The van der Waals surface area contributed by atoms with Gasteiger partial charge >= 0.3 is 0 Å². The third kappa shape index (κ3) is 3.82. The van der Waals surface area contributed by atoms with Crippen LogP contribution in [0.25, 0.3) is 0 Å². The Morgan fingerprint density at radius 3 is 2.56 bits per heavy atom. The van der Waals surface area contributed by atoms with Crippen molar-refractivity contribution in [3.63, 3.8) is 0 Å². The monoisotopic (exact) mass is 338 g/mol. The third-order valence-corrected chi connectivity index (χ3v) is 4.49. The van der Waals surface area contributed by atoms with Gasteiger partial charge in [0.1, 0.15) is 12.4 Å². The predicted molar refractivity (Wildman–Crippen MR) is 98.7 cm³/mol. The van der Waals surface area contributed by atoms with E-state index in [0.29, 0.717) is 18.7 Å². The van der Waals surface area contributed by atoms with Gasteiger partial charge in [0, 0.05) is 45.0 Å². The lowest BCUT2D eigenvalue weighted by molar-refractivity contribution is 0.0745. The van der Waals surface area contributed by atoms with Crippen molar-refractivity contribution in [1.82, 2.24) is 9.88 Å². The lowest BCUT2D eigenvalue weighted by Gasteiger charge is -2.36. The molecule has 1 aromatic carbocycles. The molecule has 1 aromatic heterocycles. The number of hydrogen-bond donors (Lipinski definition) is 0. The molecule has 1 amide bonds. The zero-order chi connectivity index (χ0) is 17.8. The third-order valence-electron chi connectivity index (χ3n) is 4.49. The summed E-state index contributed by atoms with van der Waals surface area (Å²) < 4.78 is 5.09. The average Bonchev–Trinajstić information content (AvgIpc) is 2.62. The van der Waals surface area contributed by atoms with Crippen molar-refractivity contribution in [2.75, 3.05) is 38.2 Å². The Kier molecular flexibility index (Phi) is 5.34. The Labute approximate surface area is 149 Å². The molecule has 1 radical (unpaired) electrons. The van der Waals surface area contributed by atoms with Crippen LogP contribution in [0.5, 0.6) is 0 Å². The smallest absolute Gasteiger partial charge is 0.254 e. The van der Waals surface area contributed by atoms with Crippen LogP contribution in [0.15, 0.2) is 36.5 Å². The van der Waals surface area contributed by atoms with Gasteiger partial charge in [-0.1, -0.05) is 24.3 Å². The fourth-order valence-corrected chi connectivity index (χ4v) is 3.25. The number of aromatic nitrogens is 1. The molecule has 0 unspecified atom stereocenters. The van der Waals surface area contributed by atoms with Crippen molar-refractivity contribution in [3.8, 4) is 0 Å². The van der Waals surface area contributed by atoms with Gasteiger partial charge in [-0.15, -0.1) is 0 Å². The van der Waals surface area contributed by atoms with E-state index < -0.39 is 0 Å². The Morgan fingerprint density at radius 2 is 1.88 bits per heavy atom. The number of aryl methyl sites for hydroxylation is 2. The molecule has 131 valence electrons. The molecule has 0 saturated carbocycles. The summed E-state index contributed by atoms with van der Waals surface area (Å²) in [5, 5.41) is 0. The first kappa shape index (κ1) is 17.4. The summed E-state index contributed by atoms with van der Waals surface area (Å²) in [5.41, 5.74) is 3.84. The molecule has 2 aromatic rings. The first-order valence-corrected chi connectivity index (χ1v) is 8.52. The number of carbonyl (C=O) groups excluding carboxylic acids is 1. The highest BCUT2D eigenvalue weighted by atomic mass is 16.5. The fraction of sp³-hybridized carbons (Fsp3) is 0.350. The quantitative estimate of drug-likeness (QED) is 0.860. The fourth-order valence-electron chi connectivity index (χ4n) is 3.25. The molecule has 0 N–H and O–H groups in total. The number of hydrogen-bond acceptors (Lipinski definition) is 4. The highest BCUT2D eigenvalue weighted by molar-refractivity contribution is 5.96. The summed E-state index contributed by atoms with van der Waals surface area (Å²) >= 11 is 0. The SMILES string of the molecule is CO[CH]c1ccccc1C(=O)N1CCN(c2ncc(C)cc2C)CC1. The molecule has 3 rings (SSSR count). The van der Waals surface area contributed by atoms with E-state index >= 15 is 0 Å². The van der Waals surface area contributed by atoms with Crippen LogP contribution in [0.1, 0.15) is 27.0 Å². The number of nitrogens with zero attached hydrogens (tertiary/aromatic N) is 3. The van der Waals surface area contributed by atoms with E-state index in [-0.39, 0.29) is 5.91 Å². The summed E-state index contributed by atoms with van der Waals surface area (Å²) in [6.45, 7) is 8.71. The van der Waals surface area contributed by atoms with Crippen LogP contribution >= 0.6 is 0 Å². The van der Waals surface area contributed by atoms with Crippen molar-refractivity contribution < 1.29 is 9.53 Å². The van der Waals surface area contributed by atoms with Crippen LogP contribution in [0.3, 0.4) is 0 Å². The maximum absolute atomic E-state index is 12.9. The number of benzene rings is 1. The molecule has 2 heterocycles. The molecule has 0 aliphatic carbocycles. The number of ether oxygens (including phenoxy) is 1. The number of amides is 1. The van der Waals surface area contributed by atoms with Crippen LogP contribution in [0, 0.1) is 20.5 Å². The maximum atomic E-state index is 12.9. The number of pyridine rings is 1. The Bertz CT molecular complexity index is 752. The Balaban J connectivity index is 1.69. The highest BCUT2D eigenvalue weighted by Gasteiger charge is 2.24. The van der Waals surface area contributed by atoms with Crippen LogP contribution in [-0.4, -0.2) is 49.1 Å². The summed E-state index contributed by atoms with van der Waals surface area (Å²) in [5.74, 6) is 1.07. The van der Waals surface area contributed by atoms with Gasteiger partial charge in [-0.3, -0.25) is 4.79 Å². The number of methoxy groups -OCH3 is 1. The summed E-state index contributed by atoms with van der Waals surface area (Å²) in [4.78, 5) is 21.6. The van der Waals surface area contributed by atoms with Crippen molar-refractivity contribution in [1.29, 1.82) is 0 Å². The van der Waals surface area contributed by atoms with Crippen LogP contribution in [-0.2, 0) is 4.74 Å². The van der Waals surface area contributed by atoms with E-state index in [1.807, 2.05) is 35.4 Å². The van der Waals surface area contributed by atoms with Crippen molar-refractivity contribution in [2.45, 2.75) is 13.8 Å². The van der Waals surface area contributed by atoms with Gasteiger partial charge in [0.2, 0.25) is 0 Å². The second-order valence-electron chi connectivity index (χ2n) is 6.37.